The first kappa shape index (κ1) is 23.5. The van der Waals surface area contributed by atoms with Crippen molar-refractivity contribution in [2.24, 2.45) is 0 Å². The molecular formula is C31H31ClN2O2. The monoisotopic (exact) mass is 498 g/mol. The lowest BCUT2D eigenvalue weighted by molar-refractivity contribution is 0.0401. The molecule has 0 radical (unpaired) electrons. The number of pyridine rings is 1. The van der Waals surface area contributed by atoms with E-state index in [0.717, 1.165) is 66.4 Å². The Morgan fingerprint density at radius 3 is 2.81 bits per heavy atom. The number of ether oxygens (including phenoxy) is 1. The summed E-state index contributed by atoms with van der Waals surface area (Å²) < 4.78 is 6.15. The molecule has 2 unspecified atom stereocenters. The van der Waals surface area contributed by atoms with E-state index in [1.165, 1.54) is 16.7 Å². The van der Waals surface area contributed by atoms with Gasteiger partial charge in [0.15, 0.2) is 0 Å². The number of β-amino-alcohol motifs (C(OH)–C–C–N with tert-alkyl or cyclic N) is 1. The normalized spacial score (nSPS) is 25.8. The van der Waals surface area contributed by atoms with Crippen molar-refractivity contribution >= 4 is 17.2 Å². The maximum atomic E-state index is 11.4. The van der Waals surface area contributed by atoms with Crippen LogP contribution in [0.5, 0.6) is 5.75 Å². The highest BCUT2D eigenvalue weighted by Crippen LogP contribution is 2.62. The van der Waals surface area contributed by atoms with Gasteiger partial charge in [-0.1, -0.05) is 48.0 Å². The number of halogens is 1. The van der Waals surface area contributed by atoms with Crippen molar-refractivity contribution in [3.05, 3.63) is 112 Å². The number of fused-ring (bicyclic) bond motifs is 3. The predicted molar refractivity (Wildman–Crippen MR) is 144 cm³/mol. The zero-order valence-corrected chi connectivity index (χ0v) is 21.2. The minimum atomic E-state index is -0.648. The number of hydrogen-bond donors (Lipinski definition) is 1. The molecule has 0 bridgehead atoms. The van der Waals surface area contributed by atoms with Gasteiger partial charge >= 0.3 is 0 Å². The summed E-state index contributed by atoms with van der Waals surface area (Å²) in [5.74, 6) is 0.894. The first-order chi connectivity index (χ1) is 17.5. The number of aliphatic hydroxyl groups is 1. The van der Waals surface area contributed by atoms with Crippen LogP contribution >= 0.6 is 11.6 Å². The summed E-state index contributed by atoms with van der Waals surface area (Å²) in [7, 11) is 0. The Labute approximate surface area is 217 Å². The molecular weight excluding hydrogens is 468 g/mol. The average molecular weight is 499 g/mol. The van der Waals surface area contributed by atoms with Gasteiger partial charge in [-0.05, 0) is 79.3 Å². The first-order valence-corrected chi connectivity index (χ1v) is 13.1. The minimum absolute atomic E-state index is 0.115. The van der Waals surface area contributed by atoms with Crippen LogP contribution < -0.4 is 4.74 Å². The molecule has 4 nitrogen and oxygen atoms in total. The Bertz CT molecular complexity index is 1330. The van der Waals surface area contributed by atoms with Crippen LogP contribution in [0.1, 0.15) is 47.2 Å². The van der Waals surface area contributed by atoms with Crippen LogP contribution in [0, 0.1) is 0 Å². The van der Waals surface area contributed by atoms with Crippen molar-refractivity contribution in [3.63, 3.8) is 0 Å². The predicted octanol–water partition coefficient (Wildman–Crippen LogP) is 5.96. The molecule has 0 amide bonds. The van der Waals surface area contributed by atoms with Crippen LogP contribution in [0.25, 0.3) is 5.57 Å². The van der Waals surface area contributed by atoms with Crippen LogP contribution in [0.15, 0.2) is 79.5 Å². The molecule has 3 heterocycles. The van der Waals surface area contributed by atoms with Gasteiger partial charge in [-0.2, -0.15) is 0 Å². The maximum Gasteiger partial charge on any atom is 0.131 e. The molecule has 2 fully saturated rings. The molecule has 2 aliphatic heterocycles. The number of benzene rings is 2. The quantitative estimate of drug-likeness (QED) is 0.426. The van der Waals surface area contributed by atoms with Crippen LogP contribution in [0.3, 0.4) is 0 Å². The maximum absolute atomic E-state index is 11.4. The Morgan fingerprint density at radius 2 is 2.00 bits per heavy atom. The van der Waals surface area contributed by atoms with Gasteiger partial charge in [0.1, 0.15) is 12.4 Å². The fraction of sp³-hybridized carbons (Fsp3) is 0.323. The minimum Gasteiger partial charge on any atom is -0.487 e. The number of aromatic nitrogens is 1. The zero-order valence-electron chi connectivity index (χ0n) is 20.4. The second kappa shape index (κ2) is 9.19. The number of likely N-dealkylation sites (tertiary alicyclic amines) is 1. The standard InChI is InChI=1S/C31H31ClN2O2/c1-2-5-22-8-13-29-27(18-22)25(26-6-3-15-33-28(26)19-36-29)7-4-16-34-17-14-30(20-31(30,35)21-34)23-9-11-24(32)12-10-23/h2-3,6-13,15,18,35H,1,4-5,14,16-17,19-21H2/b25-7+. The van der Waals surface area contributed by atoms with Gasteiger partial charge in [-0.25, -0.2) is 0 Å². The lowest BCUT2D eigenvalue weighted by Gasteiger charge is -2.35. The van der Waals surface area contributed by atoms with E-state index in [-0.39, 0.29) is 5.41 Å². The molecule has 2 atom stereocenters. The van der Waals surface area contributed by atoms with E-state index >= 15 is 0 Å². The van der Waals surface area contributed by atoms with Gasteiger partial charge in [0, 0.05) is 40.9 Å². The SMILES string of the molecule is C=CCc1ccc2c(c1)/C(=C/CCN1CCC3(c4ccc(Cl)cc4)CC3(O)C1)c1cccnc1CO2. The van der Waals surface area contributed by atoms with Gasteiger partial charge in [-0.15, -0.1) is 6.58 Å². The summed E-state index contributed by atoms with van der Waals surface area (Å²) in [5, 5.41) is 12.1. The smallest absolute Gasteiger partial charge is 0.131 e. The first-order valence-electron chi connectivity index (χ1n) is 12.7. The lowest BCUT2D eigenvalue weighted by atomic mass is 9.85. The molecule has 5 heteroatoms. The van der Waals surface area contributed by atoms with Gasteiger partial charge in [0.2, 0.25) is 0 Å². The molecule has 184 valence electrons. The molecule has 3 aromatic rings. The topological polar surface area (TPSA) is 45.6 Å². The second-order valence-corrected chi connectivity index (χ2v) is 10.8. The molecule has 1 aromatic heterocycles. The van der Waals surface area contributed by atoms with Crippen LogP contribution in [0.4, 0.5) is 0 Å². The van der Waals surface area contributed by atoms with Crippen molar-refractivity contribution in [1.29, 1.82) is 0 Å². The molecule has 1 saturated heterocycles. The third kappa shape index (κ3) is 4.07. The Balaban J connectivity index is 1.22. The molecule has 6 rings (SSSR count). The lowest BCUT2D eigenvalue weighted by Crippen LogP contribution is -2.45. The summed E-state index contributed by atoms with van der Waals surface area (Å²) in [4.78, 5) is 7.01. The van der Waals surface area contributed by atoms with E-state index in [0.29, 0.717) is 13.2 Å². The number of hydrogen-bond acceptors (Lipinski definition) is 4. The third-order valence-electron chi connectivity index (χ3n) is 8.15. The van der Waals surface area contributed by atoms with Crippen molar-refractivity contribution in [3.8, 4) is 5.75 Å². The summed E-state index contributed by atoms with van der Waals surface area (Å²) in [6, 6.07) is 18.6. The largest absolute Gasteiger partial charge is 0.487 e. The fourth-order valence-electron chi connectivity index (χ4n) is 6.16. The van der Waals surface area contributed by atoms with E-state index in [1.807, 2.05) is 30.5 Å². The summed E-state index contributed by atoms with van der Waals surface area (Å²) in [6.07, 6.45) is 9.59. The number of piperidine rings is 1. The van der Waals surface area contributed by atoms with Gasteiger partial charge in [-0.3, -0.25) is 4.98 Å². The Kier molecular flexibility index (Phi) is 5.99. The van der Waals surface area contributed by atoms with E-state index < -0.39 is 5.60 Å². The van der Waals surface area contributed by atoms with E-state index in [2.05, 4.69) is 58.9 Å². The van der Waals surface area contributed by atoms with E-state index in [9.17, 15) is 5.11 Å². The molecule has 2 aromatic carbocycles. The van der Waals surface area contributed by atoms with E-state index in [1.54, 1.807) is 0 Å². The Hall–Kier alpha value is -2.92. The highest BCUT2D eigenvalue weighted by atomic mass is 35.5. The van der Waals surface area contributed by atoms with Crippen LogP contribution in [-0.4, -0.2) is 40.2 Å². The second-order valence-electron chi connectivity index (χ2n) is 10.3. The average Bonchev–Trinajstić information content (AvgIpc) is 3.56. The molecule has 1 saturated carbocycles. The van der Waals surface area contributed by atoms with Gasteiger partial charge in [0.05, 0.1) is 11.3 Å². The fourth-order valence-corrected chi connectivity index (χ4v) is 6.29. The summed E-state index contributed by atoms with van der Waals surface area (Å²) >= 11 is 6.09. The molecule has 0 spiro atoms. The number of rotatable bonds is 6. The number of allylic oxidation sites excluding steroid dienone is 1. The molecule has 3 aliphatic rings. The zero-order chi connectivity index (χ0) is 24.8. The van der Waals surface area contributed by atoms with Crippen molar-refractivity contribution in [1.82, 2.24) is 9.88 Å². The van der Waals surface area contributed by atoms with Crippen molar-refractivity contribution < 1.29 is 9.84 Å². The Morgan fingerprint density at radius 1 is 1.14 bits per heavy atom. The van der Waals surface area contributed by atoms with Crippen molar-refractivity contribution in [2.45, 2.75) is 43.3 Å². The molecule has 36 heavy (non-hydrogen) atoms. The molecule has 1 aliphatic carbocycles. The summed E-state index contributed by atoms with van der Waals surface area (Å²) in [5.41, 5.74) is 6.05. The van der Waals surface area contributed by atoms with Crippen molar-refractivity contribution in [2.75, 3.05) is 19.6 Å². The van der Waals surface area contributed by atoms with Gasteiger partial charge < -0.3 is 14.7 Å². The summed E-state index contributed by atoms with van der Waals surface area (Å²) in [6.45, 7) is 6.96. The van der Waals surface area contributed by atoms with E-state index in [4.69, 9.17) is 16.3 Å². The molecule has 1 N–H and O–H groups in total. The highest BCUT2D eigenvalue weighted by Gasteiger charge is 2.69. The third-order valence-corrected chi connectivity index (χ3v) is 8.40. The highest BCUT2D eigenvalue weighted by molar-refractivity contribution is 6.30. The van der Waals surface area contributed by atoms with Gasteiger partial charge in [0.25, 0.3) is 0 Å². The van der Waals surface area contributed by atoms with Crippen LogP contribution in [0.2, 0.25) is 5.02 Å². The number of nitrogens with zero attached hydrogens (tertiary/aromatic N) is 2. The van der Waals surface area contributed by atoms with Crippen LogP contribution in [-0.2, 0) is 18.4 Å².